The van der Waals surface area contributed by atoms with Gasteiger partial charge in [0, 0.05) is 80.2 Å². The highest BCUT2D eigenvalue weighted by molar-refractivity contribution is 5.97. The second-order valence-corrected chi connectivity index (χ2v) is 13.6. The van der Waals surface area contributed by atoms with E-state index in [9.17, 15) is 20.4 Å². The van der Waals surface area contributed by atoms with Gasteiger partial charge in [0.1, 0.15) is 23.0 Å². The van der Waals surface area contributed by atoms with Crippen LogP contribution >= 0.6 is 0 Å². The number of phenolic OH excluding ortho intramolecular Hbond substituents is 4. The lowest BCUT2D eigenvalue weighted by atomic mass is 9.79. The lowest BCUT2D eigenvalue weighted by Gasteiger charge is -2.23. The number of fused-ring (bicyclic) bond motifs is 5. The summed E-state index contributed by atoms with van der Waals surface area (Å²) >= 11 is 0. The van der Waals surface area contributed by atoms with Crippen LogP contribution in [0.2, 0.25) is 0 Å². The van der Waals surface area contributed by atoms with Gasteiger partial charge in [-0.25, -0.2) is 0 Å². The van der Waals surface area contributed by atoms with Crippen molar-refractivity contribution >= 4 is 54.4 Å². The zero-order chi connectivity index (χ0) is 35.1. The van der Waals surface area contributed by atoms with Crippen molar-refractivity contribution in [2.45, 2.75) is 11.8 Å². The molecular formula is C44H32N4O4. The van der Waals surface area contributed by atoms with E-state index in [0.29, 0.717) is 0 Å². The number of aromatic nitrogens is 4. The number of benzene rings is 6. The van der Waals surface area contributed by atoms with Crippen molar-refractivity contribution in [3.63, 3.8) is 0 Å². The summed E-state index contributed by atoms with van der Waals surface area (Å²) in [7, 11) is 0. The van der Waals surface area contributed by atoms with E-state index in [1.165, 1.54) is 0 Å². The fourth-order valence-electron chi connectivity index (χ4n) is 8.34. The van der Waals surface area contributed by atoms with Crippen LogP contribution in [0.15, 0.2) is 134 Å². The molecule has 0 radical (unpaired) electrons. The third kappa shape index (κ3) is 4.54. The molecule has 0 saturated carbocycles. The molecule has 0 aliphatic rings. The molecule has 0 fully saturated rings. The molecule has 0 unspecified atom stereocenters. The Morgan fingerprint density at radius 2 is 0.596 bits per heavy atom. The quantitative estimate of drug-likeness (QED) is 0.0884. The maximum Gasteiger partial charge on any atom is 0.116 e. The summed E-state index contributed by atoms with van der Waals surface area (Å²) in [6.45, 7) is 0. The summed E-state index contributed by atoms with van der Waals surface area (Å²) in [6, 6.07) is 34.2. The Morgan fingerprint density at radius 1 is 0.308 bits per heavy atom. The van der Waals surface area contributed by atoms with E-state index >= 15 is 0 Å². The molecule has 6 aromatic carbocycles. The maximum atomic E-state index is 10.6. The number of hydrogen-bond acceptors (Lipinski definition) is 4. The van der Waals surface area contributed by atoms with Gasteiger partial charge in [0.2, 0.25) is 0 Å². The molecule has 4 aromatic heterocycles. The highest BCUT2D eigenvalue weighted by Gasteiger charge is 2.29. The number of rotatable bonds is 6. The Kier molecular flexibility index (Phi) is 6.44. The van der Waals surface area contributed by atoms with Crippen LogP contribution in [-0.4, -0.2) is 40.4 Å². The second-order valence-electron chi connectivity index (χ2n) is 13.6. The van der Waals surface area contributed by atoms with E-state index in [4.69, 9.17) is 0 Å². The molecule has 52 heavy (non-hydrogen) atoms. The van der Waals surface area contributed by atoms with Gasteiger partial charge in [0.05, 0.1) is 0 Å². The van der Waals surface area contributed by atoms with Gasteiger partial charge in [-0.15, -0.1) is 0 Å². The Morgan fingerprint density at radius 3 is 0.885 bits per heavy atom. The molecule has 10 aromatic rings. The van der Waals surface area contributed by atoms with Crippen molar-refractivity contribution in [1.29, 1.82) is 0 Å². The molecule has 0 atom stereocenters. The average molecular weight is 681 g/mol. The van der Waals surface area contributed by atoms with E-state index in [1.54, 1.807) is 48.5 Å². The smallest absolute Gasteiger partial charge is 0.116 e. The minimum absolute atomic E-state index is 0.182. The number of hydrogen-bond donors (Lipinski definition) is 8. The monoisotopic (exact) mass is 680 g/mol. The molecule has 8 nitrogen and oxygen atoms in total. The SMILES string of the molecule is Oc1ccc2[nH]cc(C(c3c[nH]c4ccc(O)cc34)c3cccc4c(C(c5c[nH]c6ccc(O)cc56)c5c[nH]c6ccc(O)cc56)cccc34)c2c1. The minimum Gasteiger partial charge on any atom is -0.508 e. The van der Waals surface area contributed by atoms with Crippen LogP contribution in [-0.2, 0) is 0 Å². The van der Waals surface area contributed by atoms with Gasteiger partial charge < -0.3 is 40.4 Å². The van der Waals surface area contributed by atoms with Crippen molar-refractivity contribution in [2.75, 3.05) is 0 Å². The van der Waals surface area contributed by atoms with Gasteiger partial charge >= 0.3 is 0 Å². The Labute approximate surface area is 296 Å². The summed E-state index contributed by atoms with van der Waals surface area (Å²) in [5, 5.41) is 48.2. The Balaban J connectivity index is 1.27. The van der Waals surface area contributed by atoms with E-state index in [2.05, 4.69) is 56.3 Å². The zero-order valence-corrected chi connectivity index (χ0v) is 27.6. The highest BCUT2D eigenvalue weighted by Crippen LogP contribution is 2.47. The molecule has 0 spiro atoms. The third-order valence-corrected chi connectivity index (χ3v) is 10.6. The van der Waals surface area contributed by atoms with Gasteiger partial charge in [-0.1, -0.05) is 36.4 Å². The van der Waals surface area contributed by atoms with E-state index in [1.807, 2.05) is 49.1 Å². The standard InChI is InChI=1S/C44H32N4O4/c49-23-7-11-39-31(15-23)35(19-45-39)43(36-20-46-40-12-8-24(50)16-32(36)40)29-5-1-3-27-28(29)4-2-6-30(27)44(37-21-47-41-13-9-25(51)17-33(37)41)38-22-48-42-14-10-26(52)18-34(38)42/h1-22,43-52H. The van der Waals surface area contributed by atoms with Crippen LogP contribution in [0.1, 0.15) is 45.2 Å². The van der Waals surface area contributed by atoms with Gasteiger partial charge in [-0.05, 0) is 117 Å². The van der Waals surface area contributed by atoms with Crippen LogP contribution in [0.25, 0.3) is 54.4 Å². The first kappa shape index (κ1) is 29.8. The van der Waals surface area contributed by atoms with Gasteiger partial charge in [-0.2, -0.15) is 0 Å². The van der Waals surface area contributed by atoms with Crippen LogP contribution in [0.5, 0.6) is 23.0 Å². The molecule has 10 rings (SSSR count). The summed E-state index contributed by atoms with van der Waals surface area (Å²) < 4.78 is 0. The molecule has 0 bridgehead atoms. The second kappa shape index (κ2) is 11.2. The number of phenols is 4. The molecule has 8 N–H and O–H groups in total. The van der Waals surface area contributed by atoms with E-state index in [0.717, 1.165) is 87.8 Å². The zero-order valence-electron chi connectivity index (χ0n) is 27.6. The summed E-state index contributed by atoms with van der Waals surface area (Å²) in [4.78, 5) is 13.7. The predicted molar refractivity (Wildman–Crippen MR) is 206 cm³/mol. The van der Waals surface area contributed by atoms with Crippen LogP contribution < -0.4 is 0 Å². The number of aromatic amines is 4. The number of nitrogens with one attached hydrogen (secondary N) is 4. The lowest BCUT2D eigenvalue weighted by Crippen LogP contribution is -2.06. The number of H-pyrrole nitrogens is 4. The summed E-state index contributed by atoms with van der Waals surface area (Å²) in [5.41, 5.74) is 9.70. The molecule has 0 amide bonds. The first-order chi connectivity index (χ1) is 25.4. The predicted octanol–water partition coefficient (Wildman–Crippen LogP) is 9.95. The van der Waals surface area contributed by atoms with Crippen molar-refractivity contribution in [2.24, 2.45) is 0 Å². The highest BCUT2D eigenvalue weighted by atomic mass is 16.3. The topological polar surface area (TPSA) is 144 Å². The minimum atomic E-state index is -0.293. The molecular weight excluding hydrogens is 649 g/mol. The molecule has 8 heteroatoms. The van der Waals surface area contributed by atoms with Crippen molar-refractivity contribution in [3.05, 3.63) is 167 Å². The Hall–Kier alpha value is -7.06. The molecule has 0 saturated heterocycles. The molecule has 4 heterocycles. The average Bonchev–Trinajstić information content (AvgIpc) is 3.95. The maximum absolute atomic E-state index is 10.6. The normalized spacial score (nSPS) is 12.1. The molecule has 252 valence electrons. The van der Waals surface area contributed by atoms with Crippen molar-refractivity contribution < 1.29 is 20.4 Å². The fourth-order valence-corrected chi connectivity index (χ4v) is 8.34. The lowest BCUT2D eigenvalue weighted by molar-refractivity contribution is 0.475. The van der Waals surface area contributed by atoms with Gasteiger partial charge in [0.15, 0.2) is 0 Å². The first-order valence-corrected chi connectivity index (χ1v) is 17.1. The molecule has 0 aliphatic heterocycles. The van der Waals surface area contributed by atoms with Crippen molar-refractivity contribution in [1.82, 2.24) is 19.9 Å². The van der Waals surface area contributed by atoms with Gasteiger partial charge in [0.25, 0.3) is 0 Å². The number of aromatic hydroxyl groups is 4. The largest absolute Gasteiger partial charge is 0.508 e. The van der Waals surface area contributed by atoms with E-state index in [-0.39, 0.29) is 34.8 Å². The van der Waals surface area contributed by atoms with Crippen LogP contribution in [0, 0.1) is 0 Å². The molecule has 0 aliphatic carbocycles. The van der Waals surface area contributed by atoms with Crippen molar-refractivity contribution in [3.8, 4) is 23.0 Å². The summed E-state index contributed by atoms with van der Waals surface area (Å²) in [5.74, 6) is 0.141. The Bertz CT molecular complexity index is 2640. The van der Waals surface area contributed by atoms with Gasteiger partial charge in [-0.3, -0.25) is 0 Å². The summed E-state index contributed by atoms with van der Waals surface area (Å²) in [6.07, 6.45) is 8.05. The first-order valence-electron chi connectivity index (χ1n) is 17.1. The third-order valence-electron chi connectivity index (χ3n) is 10.6. The fraction of sp³-hybridized carbons (Fsp3) is 0.0455. The van der Waals surface area contributed by atoms with E-state index < -0.39 is 0 Å². The van der Waals surface area contributed by atoms with Crippen LogP contribution in [0.4, 0.5) is 0 Å². The van der Waals surface area contributed by atoms with Crippen LogP contribution in [0.3, 0.4) is 0 Å².